The lowest BCUT2D eigenvalue weighted by atomic mass is 10.1. The van der Waals surface area contributed by atoms with Crippen LogP contribution < -0.4 is 18.3 Å². The molecule has 0 fully saturated rings. The molecule has 0 bridgehead atoms. The molecule has 0 aliphatic carbocycles. The zero-order chi connectivity index (χ0) is 73.7. The SMILES string of the molecule is Cn1c2cccnc2c2c1[n+]1c(n2-c2ccccc2)-c2ccccc2C1.[2H]C([2H])([2H])n1c2cccnc2c2c1[n+]1c(n2-c2ccccc2)-c2ccccc2C1.c1ccc(-n2c3[n+](c4c2c2ncccc2n4-c2ccccc2)Cc2ccccc2-3)cc1.c1ccc(-n2c3[n+](c4oc5cccnc5c42)Cc2ccccc2-3)cc1. The van der Waals surface area contributed by atoms with Gasteiger partial charge in [0.1, 0.15) is 68.1 Å². The van der Waals surface area contributed by atoms with Crippen molar-refractivity contribution in [1.82, 2.24) is 51.9 Å². The van der Waals surface area contributed by atoms with Crippen molar-refractivity contribution < 1.29 is 26.8 Å². The van der Waals surface area contributed by atoms with Crippen LogP contribution in [0, 0.1) is 0 Å². The second-order valence-corrected chi connectivity index (χ2v) is 27.8. The molecule has 0 N–H and O–H groups in total. The van der Waals surface area contributed by atoms with Crippen molar-refractivity contribution in [3.8, 4) is 74.0 Å². The van der Waals surface area contributed by atoms with E-state index in [0.29, 0.717) is 23.2 Å². The molecule has 0 saturated carbocycles. The number of rotatable bonds is 5. The molecule has 0 atom stereocenters. The van der Waals surface area contributed by atoms with Crippen LogP contribution in [-0.2, 0) is 40.2 Å². The van der Waals surface area contributed by atoms with Crippen molar-refractivity contribution in [2.75, 3.05) is 0 Å². The number of pyridine rings is 4. The normalized spacial score (nSPS) is 13.1. The van der Waals surface area contributed by atoms with Crippen molar-refractivity contribution >= 4 is 88.9 Å². The summed E-state index contributed by atoms with van der Waals surface area (Å²) in [7, 11) is 2.14. The summed E-state index contributed by atoms with van der Waals surface area (Å²) in [5.74, 6) is 4.59. The number of imidazole rings is 4. The van der Waals surface area contributed by atoms with Crippen molar-refractivity contribution in [1.29, 1.82) is 0 Å². The number of hydrogen-bond donors (Lipinski definition) is 0. The van der Waals surface area contributed by atoms with Gasteiger partial charge in [0.25, 0.3) is 22.8 Å². The average molecular weight is 1400 g/mol. The molecule has 108 heavy (non-hydrogen) atoms. The van der Waals surface area contributed by atoms with Gasteiger partial charge in [0.2, 0.25) is 39.5 Å². The molecule has 9 aromatic carbocycles. The van der Waals surface area contributed by atoms with Gasteiger partial charge >= 0.3 is 5.71 Å². The van der Waals surface area contributed by atoms with E-state index < -0.39 is 6.98 Å². The van der Waals surface area contributed by atoms with E-state index in [1.54, 1.807) is 12.3 Å². The first-order valence-corrected chi connectivity index (χ1v) is 36.4. The van der Waals surface area contributed by atoms with Gasteiger partial charge in [-0.3, -0.25) is 9.13 Å². The van der Waals surface area contributed by atoms with E-state index in [9.17, 15) is 0 Å². The molecule has 0 amide bonds. The monoisotopic (exact) mass is 1400 g/mol. The summed E-state index contributed by atoms with van der Waals surface area (Å²) < 4.78 is 55.4. The summed E-state index contributed by atoms with van der Waals surface area (Å²) in [5.41, 5.74) is 31.3. The second-order valence-electron chi connectivity index (χ2n) is 27.8. The summed E-state index contributed by atoms with van der Waals surface area (Å²) in [6, 6.07) is 102. The Balaban J connectivity index is 0.0000000913. The predicted octanol–water partition coefficient (Wildman–Crippen LogP) is 17.0. The van der Waals surface area contributed by atoms with Crippen LogP contribution in [0.1, 0.15) is 26.4 Å². The van der Waals surface area contributed by atoms with Gasteiger partial charge in [-0.15, -0.1) is 0 Å². The fraction of sp³-hybridized carbons (Fsp3) is 0.0652. The number of furan rings is 1. The maximum absolute atomic E-state index is 8.24. The lowest BCUT2D eigenvalue weighted by molar-refractivity contribution is -0.652. The van der Waals surface area contributed by atoms with E-state index in [1.165, 1.54) is 77.7 Å². The Hall–Kier alpha value is -14.4. The van der Waals surface area contributed by atoms with Gasteiger partial charge in [-0.2, -0.15) is 9.13 Å². The van der Waals surface area contributed by atoms with Gasteiger partial charge in [-0.05, 0) is 133 Å². The molecule has 16 heterocycles. The fourth-order valence-corrected chi connectivity index (χ4v) is 17.4. The van der Waals surface area contributed by atoms with E-state index in [2.05, 4.69) is 275 Å². The number of para-hydroxylation sites is 5. The molecule has 12 aromatic heterocycles. The molecule has 4 aliphatic heterocycles. The Labute approximate surface area is 622 Å². The van der Waals surface area contributed by atoms with Crippen LogP contribution in [0.5, 0.6) is 0 Å². The maximum atomic E-state index is 8.24. The van der Waals surface area contributed by atoms with E-state index in [0.717, 1.165) is 115 Å². The third-order valence-corrected chi connectivity index (χ3v) is 21.9. The number of aryl methyl sites for hydroxylation is 2. The lowest BCUT2D eigenvalue weighted by Gasteiger charge is -2.04. The quantitative estimate of drug-likeness (QED) is 0.159. The average Bonchev–Trinajstić information content (AvgIpc) is 1.55. The standard InChI is InChI=1S/C27H19N4.2C22H17N4.C21H14N3O/c1-3-11-20(12-4-1)30-23-16-9-17-28-24(23)25-27(30)29-18-19-10-7-8-15-22(19)26(29)31(25)21-13-5-2-6-14-21;2*1-24-18-12-7-13-23-19(18)20-22(24)25-14-15-8-5-6-11-17(15)21(25)26(20)16-9-3-2-4-10-16;1-2-8-15(9-3-1)24-19-18-17(11-6-12-22-18)25-21(19)23-13-14-7-4-5-10-16(14)20(23)24/h1-17H,18H2;2*2-13H,14H2,1H3;1-12H,13H2/q4*+1/i;1D3;;. The Morgan fingerprint density at radius 3 is 1.02 bits per heavy atom. The minimum absolute atomic E-state index is 0.619. The van der Waals surface area contributed by atoms with Gasteiger partial charge in [0.15, 0.2) is 11.1 Å². The van der Waals surface area contributed by atoms with Crippen LogP contribution in [0.3, 0.4) is 0 Å². The lowest BCUT2D eigenvalue weighted by Crippen LogP contribution is -2.33. The predicted molar refractivity (Wildman–Crippen MR) is 423 cm³/mol. The van der Waals surface area contributed by atoms with Crippen LogP contribution in [-0.4, -0.2) is 51.9 Å². The van der Waals surface area contributed by atoms with Crippen molar-refractivity contribution in [2.45, 2.75) is 26.2 Å². The van der Waals surface area contributed by atoms with E-state index in [-0.39, 0.29) is 0 Å². The number of nitrogens with zero attached hydrogens (tertiary/aromatic N) is 15. The maximum Gasteiger partial charge on any atom is 0.341 e. The highest BCUT2D eigenvalue weighted by Gasteiger charge is 2.43. The zero-order valence-electron chi connectivity index (χ0n) is 61.5. The highest BCUT2D eigenvalue weighted by atomic mass is 16.3. The van der Waals surface area contributed by atoms with E-state index >= 15 is 0 Å². The number of aromatic nitrogens is 15. The molecule has 0 unspecified atom stereocenters. The highest BCUT2D eigenvalue weighted by molar-refractivity contribution is 6.06. The largest absolute Gasteiger partial charge is 0.417 e. The van der Waals surface area contributed by atoms with Crippen molar-refractivity contribution in [3.05, 3.63) is 344 Å². The Morgan fingerprint density at radius 1 is 0.287 bits per heavy atom. The Morgan fingerprint density at radius 2 is 0.593 bits per heavy atom. The van der Waals surface area contributed by atoms with Crippen LogP contribution in [0.4, 0.5) is 0 Å². The summed E-state index contributed by atoms with van der Waals surface area (Å²) in [5, 5.41) is 0. The first-order valence-electron chi connectivity index (χ1n) is 37.9. The van der Waals surface area contributed by atoms with E-state index in [1.807, 2.05) is 97.5 Å². The highest BCUT2D eigenvalue weighted by Crippen LogP contribution is 2.43. The Kier molecular flexibility index (Phi) is 13.0. The zero-order valence-corrected chi connectivity index (χ0v) is 58.5. The van der Waals surface area contributed by atoms with Crippen LogP contribution in [0.2, 0.25) is 0 Å². The summed E-state index contributed by atoms with van der Waals surface area (Å²) in [6.07, 6.45) is 7.32. The molecule has 0 spiro atoms. The molecule has 21 aromatic rings. The van der Waals surface area contributed by atoms with Gasteiger partial charge < -0.3 is 4.42 Å². The van der Waals surface area contributed by atoms with E-state index in [4.69, 9.17) is 18.5 Å². The molecular weight excluding hydrogens is 1330 g/mol. The van der Waals surface area contributed by atoms with Crippen molar-refractivity contribution in [2.24, 2.45) is 14.0 Å². The minimum atomic E-state index is -2.32. The molecule has 0 saturated heterocycles. The molecule has 25 rings (SSSR count). The molecule has 16 nitrogen and oxygen atoms in total. The van der Waals surface area contributed by atoms with Crippen LogP contribution >= 0.6 is 0 Å². The molecule has 4 aliphatic rings. The third-order valence-electron chi connectivity index (χ3n) is 21.9. The Bertz CT molecular complexity index is 7330. The van der Waals surface area contributed by atoms with Gasteiger partial charge in [0.05, 0.1) is 60.0 Å². The smallest absolute Gasteiger partial charge is 0.341 e. The first-order chi connectivity index (χ1) is 54.7. The van der Waals surface area contributed by atoms with Gasteiger partial charge in [0, 0.05) is 47.0 Å². The van der Waals surface area contributed by atoms with Gasteiger partial charge in [-0.1, -0.05) is 164 Å². The fourth-order valence-electron chi connectivity index (χ4n) is 17.4. The van der Waals surface area contributed by atoms with Gasteiger partial charge in [-0.25, -0.2) is 51.9 Å². The third kappa shape index (κ3) is 8.97. The molecule has 0 radical (unpaired) electrons. The summed E-state index contributed by atoms with van der Waals surface area (Å²) in [4.78, 5) is 18.8. The summed E-state index contributed by atoms with van der Waals surface area (Å²) >= 11 is 0. The number of hydrogen-bond acceptors (Lipinski definition) is 5. The summed E-state index contributed by atoms with van der Waals surface area (Å²) in [6.45, 7) is 0.883. The molecule has 512 valence electrons. The van der Waals surface area contributed by atoms with Crippen molar-refractivity contribution in [3.63, 3.8) is 0 Å². The number of fused-ring (bicyclic) bond motifs is 28. The molecular formula is C92H67N15O+4. The number of benzene rings is 9. The minimum Gasteiger partial charge on any atom is -0.417 e. The first kappa shape index (κ1) is 58.1. The van der Waals surface area contributed by atoms with Crippen LogP contribution in [0.25, 0.3) is 163 Å². The second kappa shape index (κ2) is 24.1. The molecule has 16 heteroatoms. The van der Waals surface area contributed by atoms with Crippen LogP contribution in [0.15, 0.2) is 326 Å². The topological polar surface area (TPSA) is 115 Å².